The molecule has 2 N–H and O–H groups in total. The molecule has 1 amide bonds. The molecule has 106 valence electrons. The number of carbonyl (C=O) groups excluding carboxylic acids is 1. The van der Waals surface area contributed by atoms with Crippen LogP contribution in [0.25, 0.3) is 10.8 Å². The van der Waals surface area contributed by atoms with Gasteiger partial charge in [0.05, 0.1) is 0 Å². The first kappa shape index (κ1) is 14.5. The molecule has 0 aliphatic rings. The summed E-state index contributed by atoms with van der Waals surface area (Å²) in [6.45, 7) is 5.39. The number of fused-ring (bicyclic) bond motifs is 1. The second kappa shape index (κ2) is 6.53. The second-order valence-electron chi connectivity index (χ2n) is 5.30. The summed E-state index contributed by atoms with van der Waals surface area (Å²) in [5.74, 6) is 0.0826. The molecule has 0 atom stereocenters. The minimum atomic E-state index is 0.0826. The van der Waals surface area contributed by atoms with Gasteiger partial charge in [-0.1, -0.05) is 30.3 Å². The van der Waals surface area contributed by atoms with Crippen LogP contribution in [-0.2, 0) is 0 Å². The monoisotopic (exact) mass is 270 g/mol. The number of nitrogens with zero attached hydrogens (tertiary/aromatic N) is 1. The maximum atomic E-state index is 12.6. The zero-order chi connectivity index (χ0) is 14.5. The van der Waals surface area contributed by atoms with Crippen LogP contribution >= 0.6 is 0 Å². The van der Waals surface area contributed by atoms with Crippen molar-refractivity contribution in [2.75, 3.05) is 13.1 Å². The Hall–Kier alpha value is -1.87. The summed E-state index contributed by atoms with van der Waals surface area (Å²) in [6.07, 6.45) is 0.831. The summed E-state index contributed by atoms with van der Waals surface area (Å²) in [4.78, 5) is 14.5. The SMILES string of the molecule is CC(C)N(CCCN)C(=O)c1ccc2ccccc2c1. The van der Waals surface area contributed by atoms with Crippen LogP contribution in [0.5, 0.6) is 0 Å². The first-order valence-corrected chi connectivity index (χ1v) is 7.13. The van der Waals surface area contributed by atoms with E-state index < -0.39 is 0 Å². The van der Waals surface area contributed by atoms with E-state index in [1.165, 1.54) is 0 Å². The van der Waals surface area contributed by atoms with Gasteiger partial charge in [0.15, 0.2) is 0 Å². The van der Waals surface area contributed by atoms with Gasteiger partial charge >= 0.3 is 0 Å². The Morgan fingerprint density at radius 3 is 2.50 bits per heavy atom. The van der Waals surface area contributed by atoms with Crippen LogP contribution in [0.3, 0.4) is 0 Å². The molecule has 0 spiro atoms. The van der Waals surface area contributed by atoms with Crippen molar-refractivity contribution in [3.63, 3.8) is 0 Å². The minimum Gasteiger partial charge on any atom is -0.336 e. The van der Waals surface area contributed by atoms with Gasteiger partial charge in [-0.05, 0) is 49.7 Å². The average molecular weight is 270 g/mol. The van der Waals surface area contributed by atoms with Crippen molar-refractivity contribution in [3.05, 3.63) is 48.0 Å². The van der Waals surface area contributed by atoms with Crippen LogP contribution in [0.2, 0.25) is 0 Å². The molecule has 2 aromatic rings. The summed E-state index contributed by atoms with van der Waals surface area (Å²) in [6, 6.07) is 14.1. The lowest BCUT2D eigenvalue weighted by Crippen LogP contribution is -2.38. The number of amides is 1. The van der Waals surface area contributed by atoms with Crippen molar-refractivity contribution in [3.8, 4) is 0 Å². The molecule has 3 heteroatoms. The fraction of sp³-hybridized carbons (Fsp3) is 0.353. The van der Waals surface area contributed by atoms with Gasteiger partial charge in [0.25, 0.3) is 5.91 Å². The first-order valence-electron chi connectivity index (χ1n) is 7.13. The van der Waals surface area contributed by atoms with Gasteiger partial charge in [-0.3, -0.25) is 4.79 Å². The van der Waals surface area contributed by atoms with Crippen molar-refractivity contribution >= 4 is 16.7 Å². The molecule has 0 aliphatic heterocycles. The molecule has 2 aromatic carbocycles. The normalized spacial score (nSPS) is 11.0. The average Bonchev–Trinajstić information content (AvgIpc) is 2.46. The predicted molar refractivity (Wildman–Crippen MR) is 83.8 cm³/mol. The number of carbonyl (C=O) groups is 1. The highest BCUT2D eigenvalue weighted by Gasteiger charge is 2.18. The predicted octanol–water partition coefficient (Wildman–Crippen LogP) is 3.04. The Morgan fingerprint density at radius 1 is 1.15 bits per heavy atom. The van der Waals surface area contributed by atoms with E-state index in [4.69, 9.17) is 5.73 Å². The van der Waals surface area contributed by atoms with E-state index in [2.05, 4.69) is 6.07 Å². The highest BCUT2D eigenvalue weighted by molar-refractivity contribution is 5.98. The maximum Gasteiger partial charge on any atom is 0.254 e. The molecule has 0 heterocycles. The summed E-state index contributed by atoms with van der Waals surface area (Å²) < 4.78 is 0. The van der Waals surface area contributed by atoms with Gasteiger partial charge in [0, 0.05) is 18.2 Å². The molecule has 2 rings (SSSR count). The lowest BCUT2D eigenvalue weighted by molar-refractivity contribution is 0.0705. The highest BCUT2D eigenvalue weighted by atomic mass is 16.2. The molecule has 0 saturated heterocycles. The number of nitrogens with two attached hydrogens (primary N) is 1. The molecule has 0 saturated carbocycles. The second-order valence-corrected chi connectivity index (χ2v) is 5.30. The van der Waals surface area contributed by atoms with E-state index in [9.17, 15) is 4.79 Å². The van der Waals surface area contributed by atoms with Gasteiger partial charge in [0.2, 0.25) is 0 Å². The molecule has 3 nitrogen and oxygen atoms in total. The largest absolute Gasteiger partial charge is 0.336 e. The van der Waals surface area contributed by atoms with Gasteiger partial charge in [-0.2, -0.15) is 0 Å². The van der Waals surface area contributed by atoms with E-state index in [1.54, 1.807) is 0 Å². The third-order valence-electron chi connectivity index (χ3n) is 3.48. The fourth-order valence-electron chi connectivity index (χ4n) is 2.34. The topological polar surface area (TPSA) is 46.3 Å². The van der Waals surface area contributed by atoms with E-state index in [0.717, 1.165) is 22.8 Å². The maximum absolute atomic E-state index is 12.6. The molecule has 0 unspecified atom stereocenters. The molecule has 0 aliphatic carbocycles. The third kappa shape index (κ3) is 3.17. The number of hydrogen-bond donors (Lipinski definition) is 1. The minimum absolute atomic E-state index is 0.0826. The zero-order valence-corrected chi connectivity index (χ0v) is 12.2. The van der Waals surface area contributed by atoms with Crippen molar-refractivity contribution in [2.24, 2.45) is 5.73 Å². The Balaban J connectivity index is 2.28. The number of hydrogen-bond acceptors (Lipinski definition) is 2. The molecule has 0 aromatic heterocycles. The van der Waals surface area contributed by atoms with Gasteiger partial charge in [-0.25, -0.2) is 0 Å². The lowest BCUT2D eigenvalue weighted by Gasteiger charge is -2.26. The van der Waals surface area contributed by atoms with Crippen LogP contribution < -0.4 is 5.73 Å². The van der Waals surface area contributed by atoms with Gasteiger partial charge in [0.1, 0.15) is 0 Å². The molecular weight excluding hydrogens is 248 g/mol. The van der Waals surface area contributed by atoms with Crippen LogP contribution in [0.4, 0.5) is 0 Å². The molecule has 0 fully saturated rings. The third-order valence-corrected chi connectivity index (χ3v) is 3.48. The number of benzene rings is 2. The summed E-state index contributed by atoms with van der Waals surface area (Å²) in [5, 5.41) is 2.25. The molecule has 0 radical (unpaired) electrons. The smallest absolute Gasteiger partial charge is 0.254 e. The van der Waals surface area contributed by atoms with E-state index in [0.29, 0.717) is 13.1 Å². The van der Waals surface area contributed by atoms with E-state index in [-0.39, 0.29) is 11.9 Å². The first-order chi connectivity index (χ1) is 9.63. The standard InChI is InChI=1S/C17H22N2O/c1-13(2)19(11-5-10-18)17(20)16-9-8-14-6-3-4-7-15(14)12-16/h3-4,6-9,12-13H,5,10-11,18H2,1-2H3. The Labute approximate surface area is 120 Å². The summed E-state index contributed by atoms with van der Waals surface area (Å²) >= 11 is 0. The fourth-order valence-corrected chi connectivity index (χ4v) is 2.34. The van der Waals surface area contributed by atoms with Crippen molar-refractivity contribution < 1.29 is 4.79 Å². The van der Waals surface area contributed by atoms with Crippen molar-refractivity contribution in [2.45, 2.75) is 26.3 Å². The van der Waals surface area contributed by atoms with Crippen molar-refractivity contribution in [1.82, 2.24) is 4.90 Å². The van der Waals surface area contributed by atoms with Gasteiger partial charge in [-0.15, -0.1) is 0 Å². The van der Waals surface area contributed by atoms with Crippen LogP contribution in [0.1, 0.15) is 30.6 Å². The summed E-state index contributed by atoms with van der Waals surface area (Å²) in [7, 11) is 0. The van der Waals surface area contributed by atoms with Crippen LogP contribution in [0.15, 0.2) is 42.5 Å². The van der Waals surface area contributed by atoms with Gasteiger partial charge < -0.3 is 10.6 Å². The van der Waals surface area contributed by atoms with Crippen LogP contribution in [0, 0.1) is 0 Å². The van der Waals surface area contributed by atoms with E-state index in [1.807, 2.05) is 55.1 Å². The molecule has 0 bridgehead atoms. The Morgan fingerprint density at radius 2 is 1.85 bits per heavy atom. The lowest BCUT2D eigenvalue weighted by atomic mass is 10.1. The Bertz CT molecular complexity index is 592. The van der Waals surface area contributed by atoms with Crippen molar-refractivity contribution in [1.29, 1.82) is 0 Å². The summed E-state index contributed by atoms with van der Waals surface area (Å²) in [5.41, 5.74) is 6.30. The van der Waals surface area contributed by atoms with Crippen LogP contribution in [-0.4, -0.2) is 29.9 Å². The molecular formula is C17H22N2O. The zero-order valence-electron chi connectivity index (χ0n) is 12.2. The highest BCUT2D eigenvalue weighted by Crippen LogP contribution is 2.17. The molecule has 20 heavy (non-hydrogen) atoms. The van der Waals surface area contributed by atoms with E-state index >= 15 is 0 Å². The Kier molecular flexibility index (Phi) is 4.74. The quantitative estimate of drug-likeness (QED) is 0.907. The number of rotatable bonds is 5.